The van der Waals surface area contributed by atoms with Gasteiger partial charge in [0.1, 0.15) is 12.0 Å². The lowest BCUT2D eigenvalue weighted by atomic mass is 10.0. The summed E-state index contributed by atoms with van der Waals surface area (Å²) in [6.07, 6.45) is 2.86. The van der Waals surface area contributed by atoms with Crippen LogP contribution >= 0.6 is 0 Å². The summed E-state index contributed by atoms with van der Waals surface area (Å²) in [7, 11) is 1.47. The van der Waals surface area contributed by atoms with Gasteiger partial charge in [-0.25, -0.2) is 17.9 Å². The Balaban J connectivity index is 1.24. The second kappa shape index (κ2) is 10.9. The summed E-state index contributed by atoms with van der Waals surface area (Å²) in [5, 5.41) is 17.9. The van der Waals surface area contributed by atoms with Crippen molar-refractivity contribution in [1.82, 2.24) is 35.5 Å². The van der Waals surface area contributed by atoms with Crippen molar-refractivity contribution >= 4 is 11.7 Å². The maximum atomic E-state index is 14.3. The van der Waals surface area contributed by atoms with Crippen LogP contribution in [0.2, 0.25) is 0 Å². The highest BCUT2D eigenvalue weighted by Crippen LogP contribution is 2.49. The zero-order chi connectivity index (χ0) is 25.7. The van der Waals surface area contributed by atoms with Gasteiger partial charge in [-0.2, -0.15) is 10.2 Å². The Hall–Kier alpha value is -3.70. The quantitative estimate of drug-likeness (QED) is 0.406. The minimum atomic E-state index is -2.90. The number of ketones is 1. The third kappa shape index (κ3) is 6.49. The van der Waals surface area contributed by atoms with Crippen molar-refractivity contribution < 1.29 is 22.8 Å². The second-order valence-electron chi connectivity index (χ2n) is 8.88. The van der Waals surface area contributed by atoms with E-state index in [0.29, 0.717) is 36.3 Å². The van der Waals surface area contributed by atoms with E-state index in [0.717, 1.165) is 0 Å². The van der Waals surface area contributed by atoms with Gasteiger partial charge in [0.2, 0.25) is 0 Å². The smallest absolute Gasteiger partial charge is 0.276 e. The molecule has 1 amide bonds. The van der Waals surface area contributed by atoms with E-state index in [-0.39, 0.29) is 42.8 Å². The van der Waals surface area contributed by atoms with Crippen LogP contribution in [0.4, 0.5) is 13.2 Å². The molecule has 9 nitrogen and oxygen atoms in total. The fourth-order valence-electron chi connectivity index (χ4n) is 3.76. The minimum Gasteiger partial charge on any atom is -0.354 e. The van der Waals surface area contributed by atoms with Crippen LogP contribution in [0.5, 0.6) is 0 Å². The molecule has 0 spiro atoms. The predicted octanol–water partition coefficient (Wildman–Crippen LogP) is 2.65. The van der Waals surface area contributed by atoms with Crippen molar-refractivity contribution in [1.29, 1.82) is 0 Å². The number of carbonyl (C=O) groups excluding carboxylic acids is 2. The van der Waals surface area contributed by atoms with Gasteiger partial charge < -0.3 is 5.32 Å². The van der Waals surface area contributed by atoms with Gasteiger partial charge in [0, 0.05) is 36.8 Å². The number of aromatic nitrogens is 6. The summed E-state index contributed by atoms with van der Waals surface area (Å²) in [4.78, 5) is 28.0. The molecule has 190 valence electrons. The molecular formula is C24H26F3N7O2. The van der Waals surface area contributed by atoms with Crippen LogP contribution in [0.15, 0.2) is 36.7 Å². The molecule has 3 aromatic heterocycles. The van der Waals surface area contributed by atoms with Crippen molar-refractivity contribution in [2.24, 2.45) is 5.92 Å². The highest BCUT2D eigenvalue weighted by atomic mass is 19.3. The fraction of sp³-hybridized carbons (Fsp3) is 0.458. The molecule has 1 N–H and O–H groups in total. The Labute approximate surface area is 205 Å². The SMILES string of the molecule is CNC(=O)c1cn(C[C@H](F)CCc2ccc(CC(=O)Cc3cc(C(F)(F)C4CC4)ccn3)nn2)nn1. The number of hydrogen-bond acceptors (Lipinski definition) is 7. The minimum absolute atomic E-state index is 0.0100. The largest absolute Gasteiger partial charge is 0.354 e. The summed E-state index contributed by atoms with van der Waals surface area (Å²) in [6, 6.07) is 5.92. The number of Topliss-reactive ketones (excluding diaryl/α,β-unsaturated/α-hetero) is 1. The van der Waals surface area contributed by atoms with E-state index in [1.54, 1.807) is 12.1 Å². The molecule has 0 unspecified atom stereocenters. The van der Waals surface area contributed by atoms with Gasteiger partial charge in [-0.1, -0.05) is 5.21 Å². The number of amides is 1. The number of alkyl halides is 3. The van der Waals surface area contributed by atoms with Crippen LogP contribution in [-0.4, -0.2) is 55.1 Å². The normalized spacial score (nSPS) is 14.4. The number of nitrogens with zero attached hydrogens (tertiary/aromatic N) is 6. The average molecular weight is 502 g/mol. The van der Waals surface area contributed by atoms with Crippen LogP contribution in [0.3, 0.4) is 0 Å². The second-order valence-corrected chi connectivity index (χ2v) is 8.88. The molecule has 4 rings (SSSR count). The van der Waals surface area contributed by atoms with E-state index in [4.69, 9.17) is 0 Å². The van der Waals surface area contributed by atoms with Crippen LogP contribution in [0, 0.1) is 5.92 Å². The summed E-state index contributed by atoms with van der Waals surface area (Å²) < 4.78 is 44.3. The number of pyridine rings is 1. The molecule has 1 atom stereocenters. The molecule has 0 saturated heterocycles. The third-order valence-corrected chi connectivity index (χ3v) is 5.92. The predicted molar refractivity (Wildman–Crippen MR) is 122 cm³/mol. The number of hydrogen-bond donors (Lipinski definition) is 1. The van der Waals surface area contributed by atoms with E-state index < -0.39 is 23.9 Å². The highest BCUT2D eigenvalue weighted by molar-refractivity contribution is 5.91. The van der Waals surface area contributed by atoms with Crippen molar-refractivity contribution in [2.75, 3.05) is 7.05 Å². The number of nitrogens with one attached hydrogen (secondary N) is 1. The Morgan fingerprint density at radius 1 is 1.11 bits per heavy atom. The maximum absolute atomic E-state index is 14.3. The molecule has 3 heterocycles. The number of halogens is 3. The van der Waals surface area contributed by atoms with Gasteiger partial charge in [0.05, 0.1) is 30.6 Å². The molecule has 3 aromatic rings. The van der Waals surface area contributed by atoms with Gasteiger partial charge in [0.15, 0.2) is 5.69 Å². The molecule has 12 heteroatoms. The van der Waals surface area contributed by atoms with Gasteiger partial charge in [-0.3, -0.25) is 14.6 Å². The summed E-state index contributed by atoms with van der Waals surface area (Å²) in [5.41, 5.74) is 1.31. The Bertz CT molecular complexity index is 1210. The first-order chi connectivity index (χ1) is 17.2. The lowest BCUT2D eigenvalue weighted by Gasteiger charge is -2.16. The van der Waals surface area contributed by atoms with Gasteiger partial charge >= 0.3 is 0 Å². The average Bonchev–Trinajstić information content (AvgIpc) is 3.63. The molecule has 1 fully saturated rings. The third-order valence-electron chi connectivity index (χ3n) is 5.92. The molecule has 1 aliphatic rings. The standard InChI is InChI=1S/C24H26F3N7O2/c1-28-23(36)22-14-34(33-32-22)13-17(25)4-5-18-6-7-19(31-30-18)11-21(35)12-20-10-16(8-9-29-20)24(26,27)15-2-3-15/h6-10,14-15,17H,2-5,11-13H2,1H3,(H,28,36)/t17-/m1/s1. The maximum Gasteiger partial charge on any atom is 0.276 e. The van der Waals surface area contributed by atoms with E-state index >= 15 is 0 Å². The summed E-state index contributed by atoms with van der Waals surface area (Å²) in [6.45, 7) is -0.0498. The van der Waals surface area contributed by atoms with Gasteiger partial charge in [-0.05, 0) is 49.9 Å². The first-order valence-electron chi connectivity index (χ1n) is 11.7. The van der Waals surface area contributed by atoms with E-state index in [1.165, 1.54) is 36.3 Å². The molecule has 1 saturated carbocycles. The van der Waals surface area contributed by atoms with Crippen molar-refractivity contribution in [2.45, 2.75) is 57.2 Å². The summed E-state index contributed by atoms with van der Waals surface area (Å²) >= 11 is 0. The van der Waals surface area contributed by atoms with E-state index in [1.807, 2.05) is 0 Å². The molecule has 0 aliphatic heterocycles. The lowest BCUT2D eigenvalue weighted by Crippen LogP contribution is -2.18. The monoisotopic (exact) mass is 501 g/mol. The zero-order valence-electron chi connectivity index (χ0n) is 19.7. The molecule has 0 radical (unpaired) electrons. The Morgan fingerprint density at radius 2 is 1.83 bits per heavy atom. The van der Waals surface area contributed by atoms with Crippen molar-refractivity contribution in [3.05, 3.63) is 65.0 Å². The van der Waals surface area contributed by atoms with Crippen LogP contribution < -0.4 is 5.32 Å². The molecule has 0 aromatic carbocycles. The molecule has 0 bridgehead atoms. The molecule has 1 aliphatic carbocycles. The van der Waals surface area contributed by atoms with E-state index in [9.17, 15) is 22.8 Å². The molecule has 36 heavy (non-hydrogen) atoms. The van der Waals surface area contributed by atoms with Gasteiger partial charge in [0.25, 0.3) is 11.8 Å². The van der Waals surface area contributed by atoms with Crippen molar-refractivity contribution in [3.8, 4) is 0 Å². The van der Waals surface area contributed by atoms with Gasteiger partial charge in [-0.15, -0.1) is 5.10 Å². The highest BCUT2D eigenvalue weighted by Gasteiger charge is 2.48. The summed E-state index contributed by atoms with van der Waals surface area (Å²) in [5.74, 6) is -4.14. The van der Waals surface area contributed by atoms with Crippen LogP contribution in [-0.2, 0) is 36.5 Å². The fourth-order valence-corrected chi connectivity index (χ4v) is 3.76. The van der Waals surface area contributed by atoms with Crippen LogP contribution in [0.1, 0.15) is 52.4 Å². The van der Waals surface area contributed by atoms with E-state index in [2.05, 4.69) is 30.8 Å². The molecular weight excluding hydrogens is 475 g/mol. The zero-order valence-corrected chi connectivity index (χ0v) is 19.7. The first kappa shape index (κ1) is 25.4. The Kier molecular flexibility index (Phi) is 7.70. The number of rotatable bonds is 12. The number of aryl methyl sites for hydroxylation is 1. The topological polar surface area (TPSA) is 116 Å². The Morgan fingerprint density at radius 3 is 2.53 bits per heavy atom. The number of carbonyl (C=O) groups is 2. The van der Waals surface area contributed by atoms with Crippen molar-refractivity contribution in [3.63, 3.8) is 0 Å². The first-order valence-corrected chi connectivity index (χ1v) is 11.7. The van der Waals surface area contributed by atoms with Crippen LogP contribution in [0.25, 0.3) is 0 Å². The lowest BCUT2D eigenvalue weighted by molar-refractivity contribution is -0.117.